The maximum Gasteiger partial charge on any atom is 0.127 e. The Bertz CT molecular complexity index is 605. The Labute approximate surface area is 132 Å². The highest BCUT2D eigenvalue weighted by Gasteiger charge is 2.20. The maximum atomic E-state index is 6.31. The van der Waals surface area contributed by atoms with Gasteiger partial charge in [-0.3, -0.25) is 0 Å². The van der Waals surface area contributed by atoms with Gasteiger partial charge in [-0.2, -0.15) is 0 Å². The van der Waals surface area contributed by atoms with Gasteiger partial charge in [-0.25, -0.2) is 4.98 Å². The van der Waals surface area contributed by atoms with Crippen LogP contribution in [0.5, 0.6) is 0 Å². The van der Waals surface area contributed by atoms with Gasteiger partial charge in [0.15, 0.2) is 0 Å². The number of ether oxygens (including phenoxy) is 1. The Balaban J connectivity index is 2.01. The summed E-state index contributed by atoms with van der Waals surface area (Å²) in [6, 6.07) is 6.18. The first-order valence-corrected chi connectivity index (χ1v) is 8.25. The lowest BCUT2D eigenvalue weighted by Gasteiger charge is -2.24. The molecule has 3 nitrogen and oxygen atoms in total. The Hall–Kier alpha value is -0.580. The average Bonchev–Trinajstić information content (AvgIpc) is 2.78. The number of fused-ring (bicyclic) bond motifs is 1. The van der Waals surface area contributed by atoms with Crippen LogP contribution in [0.25, 0.3) is 11.0 Å². The molecule has 0 aliphatic carbocycles. The summed E-state index contributed by atoms with van der Waals surface area (Å²) in [5, 5.41) is -0.0920. The van der Waals surface area contributed by atoms with Gasteiger partial charge in [-0.05, 0) is 38.0 Å². The van der Waals surface area contributed by atoms with E-state index in [0.717, 1.165) is 47.5 Å². The molecule has 1 aromatic heterocycles. The Morgan fingerprint density at radius 2 is 2.40 bits per heavy atom. The first-order valence-electron chi connectivity index (χ1n) is 7.02. The van der Waals surface area contributed by atoms with Crippen molar-refractivity contribution in [3.8, 4) is 0 Å². The zero-order valence-electron chi connectivity index (χ0n) is 11.5. The van der Waals surface area contributed by atoms with Crippen molar-refractivity contribution in [2.75, 3.05) is 13.2 Å². The van der Waals surface area contributed by atoms with E-state index < -0.39 is 0 Å². The molecule has 0 spiro atoms. The molecular formula is C15H18BrClN2O. The van der Waals surface area contributed by atoms with Gasteiger partial charge in [0.25, 0.3) is 0 Å². The van der Waals surface area contributed by atoms with Crippen molar-refractivity contribution < 1.29 is 4.74 Å². The molecule has 0 bridgehead atoms. The first-order chi connectivity index (χ1) is 9.65. The maximum absolute atomic E-state index is 6.31. The highest BCUT2D eigenvalue weighted by atomic mass is 79.9. The zero-order chi connectivity index (χ0) is 14.1. The summed E-state index contributed by atoms with van der Waals surface area (Å²) in [5.41, 5.74) is 2.15. The van der Waals surface area contributed by atoms with Crippen molar-refractivity contribution in [2.45, 2.75) is 31.7 Å². The fourth-order valence-corrected chi connectivity index (χ4v) is 3.34. The SMILES string of the molecule is CC(Cl)c1nc2ccc(Br)cc2n1CC1CCCOC1. The lowest BCUT2D eigenvalue weighted by molar-refractivity contribution is 0.0485. The van der Waals surface area contributed by atoms with Crippen molar-refractivity contribution in [3.63, 3.8) is 0 Å². The molecule has 1 fully saturated rings. The molecule has 108 valence electrons. The number of hydrogen-bond donors (Lipinski definition) is 0. The third-order valence-electron chi connectivity index (χ3n) is 3.79. The topological polar surface area (TPSA) is 27.1 Å². The van der Waals surface area contributed by atoms with E-state index in [-0.39, 0.29) is 5.38 Å². The highest BCUT2D eigenvalue weighted by molar-refractivity contribution is 9.10. The summed E-state index contributed by atoms with van der Waals surface area (Å²) in [6.07, 6.45) is 2.36. The second kappa shape index (κ2) is 6.04. The second-order valence-electron chi connectivity index (χ2n) is 5.41. The van der Waals surface area contributed by atoms with Crippen LogP contribution in [-0.2, 0) is 11.3 Å². The number of benzene rings is 1. The van der Waals surface area contributed by atoms with Crippen LogP contribution < -0.4 is 0 Å². The van der Waals surface area contributed by atoms with Gasteiger partial charge in [0.05, 0.1) is 23.0 Å². The lowest BCUT2D eigenvalue weighted by atomic mass is 10.0. The lowest BCUT2D eigenvalue weighted by Crippen LogP contribution is -2.23. The number of alkyl halides is 1. The monoisotopic (exact) mass is 356 g/mol. The van der Waals surface area contributed by atoms with Crippen LogP contribution in [0.2, 0.25) is 0 Å². The molecule has 5 heteroatoms. The normalized spacial score (nSPS) is 21.2. The molecule has 2 unspecified atom stereocenters. The van der Waals surface area contributed by atoms with Gasteiger partial charge >= 0.3 is 0 Å². The van der Waals surface area contributed by atoms with E-state index in [2.05, 4.69) is 31.5 Å². The molecule has 1 saturated heterocycles. The highest BCUT2D eigenvalue weighted by Crippen LogP contribution is 2.28. The number of imidazole rings is 1. The Morgan fingerprint density at radius 1 is 1.55 bits per heavy atom. The molecule has 2 heterocycles. The van der Waals surface area contributed by atoms with Gasteiger partial charge in [0, 0.05) is 23.5 Å². The van der Waals surface area contributed by atoms with E-state index in [4.69, 9.17) is 16.3 Å². The third kappa shape index (κ3) is 2.87. The molecular weight excluding hydrogens is 340 g/mol. The van der Waals surface area contributed by atoms with Crippen LogP contribution in [0.3, 0.4) is 0 Å². The van der Waals surface area contributed by atoms with Gasteiger partial charge in [0.2, 0.25) is 0 Å². The van der Waals surface area contributed by atoms with E-state index in [1.807, 2.05) is 19.1 Å². The minimum atomic E-state index is -0.0920. The number of rotatable bonds is 3. The van der Waals surface area contributed by atoms with Crippen LogP contribution in [0.1, 0.15) is 31.0 Å². The average molecular weight is 358 g/mol. The fourth-order valence-electron chi connectivity index (χ4n) is 2.82. The van der Waals surface area contributed by atoms with Crippen molar-refractivity contribution in [2.24, 2.45) is 5.92 Å². The summed E-state index contributed by atoms with van der Waals surface area (Å²) >= 11 is 9.85. The number of halogens is 2. The number of hydrogen-bond acceptors (Lipinski definition) is 2. The van der Waals surface area contributed by atoms with Gasteiger partial charge < -0.3 is 9.30 Å². The second-order valence-corrected chi connectivity index (χ2v) is 6.98. The largest absolute Gasteiger partial charge is 0.381 e. The Kier molecular flexibility index (Phi) is 4.34. The summed E-state index contributed by atoms with van der Waals surface area (Å²) in [7, 11) is 0. The first kappa shape index (κ1) is 14.4. The van der Waals surface area contributed by atoms with E-state index in [1.54, 1.807) is 0 Å². The molecule has 1 aromatic carbocycles. The Morgan fingerprint density at radius 3 is 3.10 bits per heavy atom. The minimum Gasteiger partial charge on any atom is -0.381 e. The van der Waals surface area contributed by atoms with Crippen molar-refractivity contribution >= 4 is 38.6 Å². The third-order valence-corrected chi connectivity index (χ3v) is 4.48. The predicted octanol–water partition coefficient (Wildman–Crippen LogP) is 4.53. The molecule has 0 N–H and O–H groups in total. The van der Waals surface area contributed by atoms with Crippen molar-refractivity contribution in [1.29, 1.82) is 0 Å². The van der Waals surface area contributed by atoms with Gasteiger partial charge in [-0.1, -0.05) is 15.9 Å². The number of nitrogens with zero attached hydrogens (tertiary/aromatic N) is 2. The van der Waals surface area contributed by atoms with Gasteiger partial charge in [-0.15, -0.1) is 11.6 Å². The van der Waals surface area contributed by atoms with Crippen LogP contribution in [0.15, 0.2) is 22.7 Å². The van der Waals surface area contributed by atoms with Crippen LogP contribution in [-0.4, -0.2) is 22.8 Å². The fraction of sp³-hybridized carbons (Fsp3) is 0.533. The molecule has 3 rings (SSSR count). The quantitative estimate of drug-likeness (QED) is 0.755. The van der Waals surface area contributed by atoms with Crippen LogP contribution >= 0.6 is 27.5 Å². The van der Waals surface area contributed by atoms with Crippen molar-refractivity contribution in [1.82, 2.24) is 9.55 Å². The standard InChI is InChI=1S/C15H18BrClN2O/c1-10(17)15-18-13-5-4-12(16)7-14(13)19(15)8-11-3-2-6-20-9-11/h4-5,7,10-11H,2-3,6,8-9H2,1H3. The smallest absolute Gasteiger partial charge is 0.127 e. The summed E-state index contributed by atoms with van der Waals surface area (Å²) in [4.78, 5) is 4.69. The summed E-state index contributed by atoms with van der Waals surface area (Å²) in [6.45, 7) is 4.64. The van der Waals surface area contributed by atoms with E-state index in [1.165, 1.54) is 6.42 Å². The van der Waals surface area contributed by atoms with Crippen LogP contribution in [0, 0.1) is 5.92 Å². The molecule has 0 saturated carbocycles. The molecule has 2 atom stereocenters. The molecule has 0 amide bonds. The minimum absolute atomic E-state index is 0.0920. The van der Waals surface area contributed by atoms with Gasteiger partial charge in [0.1, 0.15) is 5.82 Å². The summed E-state index contributed by atoms with van der Waals surface area (Å²) in [5.74, 6) is 1.50. The molecule has 20 heavy (non-hydrogen) atoms. The van der Waals surface area contributed by atoms with Crippen molar-refractivity contribution in [3.05, 3.63) is 28.5 Å². The summed E-state index contributed by atoms with van der Waals surface area (Å²) < 4.78 is 8.92. The zero-order valence-corrected chi connectivity index (χ0v) is 13.8. The van der Waals surface area contributed by atoms with E-state index >= 15 is 0 Å². The van der Waals surface area contributed by atoms with E-state index in [0.29, 0.717) is 5.92 Å². The number of aromatic nitrogens is 2. The molecule has 1 aliphatic heterocycles. The van der Waals surface area contributed by atoms with Crippen LogP contribution in [0.4, 0.5) is 0 Å². The molecule has 1 aliphatic rings. The van der Waals surface area contributed by atoms with E-state index in [9.17, 15) is 0 Å². The molecule has 0 radical (unpaired) electrons. The predicted molar refractivity (Wildman–Crippen MR) is 85.2 cm³/mol. The molecule has 2 aromatic rings.